The molecule has 0 radical (unpaired) electrons. The number of halogens is 1. The Balaban J connectivity index is 1.53. The highest BCUT2D eigenvalue weighted by molar-refractivity contribution is 9.10. The van der Waals surface area contributed by atoms with Gasteiger partial charge in [0, 0.05) is 21.8 Å². The number of carbonyl (C=O) groups excluding carboxylic acids is 1. The Morgan fingerprint density at radius 2 is 2.15 bits per heavy atom. The standard InChI is InChI=1S/C19H16BrN3O4/c1-2-7-25-16-5-3-14(20)8-13(16)10-22-23-19(24)11-21-15-4-6-17-18(9-15)27-12-26-17/h1,3-6,8-10,21H,7,11-12H2,(H,23,24)/b22-10-. The maximum atomic E-state index is 12.0. The van der Waals surface area contributed by atoms with Gasteiger partial charge < -0.3 is 19.5 Å². The number of terminal acetylenes is 1. The summed E-state index contributed by atoms with van der Waals surface area (Å²) in [5.41, 5.74) is 3.89. The van der Waals surface area contributed by atoms with Crippen molar-refractivity contribution in [2.24, 2.45) is 5.10 Å². The van der Waals surface area contributed by atoms with Gasteiger partial charge in [-0.15, -0.1) is 6.42 Å². The van der Waals surface area contributed by atoms with E-state index in [-0.39, 0.29) is 25.9 Å². The molecule has 27 heavy (non-hydrogen) atoms. The van der Waals surface area contributed by atoms with Crippen LogP contribution >= 0.6 is 15.9 Å². The molecule has 0 unspecified atom stereocenters. The smallest absolute Gasteiger partial charge is 0.259 e. The molecule has 7 nitrogen and oxygen atoms in total. The van der Waals surface area contributed by atoms with Gasteiger partial charge in [-0.25, -0.2) is 5.43 Å². The molecule has 0 spiro atoms. The van der Waals surface area contributed by atoms with Crippen LogP contribution in [-0.2, 0) is 4.79 Å². The van der Waals surface area contributed by atoms with Gasteiger partial charge in [-0.05, 0) is 30.3 Å². The normalized spacial score (nSPS) is 11.9. The van der Waals surface area contributed by atoms with Crippen molar-refractivity contribution in [1.82, 2.24) is 5.43 Å². The van der Waals surface area contributed by atoms with E-state index in [0.717, 1.165) is 10.2 Å². The summed E-state index contributed by atoms with van der Waals surface area (Å²) in [5, 5.41) is 6.96. The second-order valence-electron chi connectivity index (χ2n) is 5.39. The molecule has 0 saturated heterocycles. The third kappa shape index (κ3) is 5.15. The number of rotatable bonds is 7. The quantitative estimate of drug-likeness (QED) is 0.401. The summed E-state index contributed by atoms with van der Waals surface area (Å²) in [6.45, 7) is 0.404. The lowest BCUT2D eigenvalue weighted by Gasteiger charge is -2.07. The van der Waals surface area contributed by atoms with Crippen molar-refractivity contribution in [2.45, 2.75) is 0 Å². The molecule has 0 aliphatic carbocycles. The van der Waals surface area contributed by atoms with Crippen molar-refractivity contribution in [2.75, 3.05) is 25.3 Å². The number of nitrogens with one attached hydrogen (secondary N) is 2. The summed E-state index contributed by atoms with van der Waals surface area (Å²) >= 11 is 3.38. The summed E-state index contributed by atoms with van der Waals surface area (Å²) in [6, 6.07) is 10.8. The number of carbonyl (C=O) groups is 1. The fraction of sp³-hybridized carbons (Fsp3) is 0.158. The number of ether oxygens (including phenoxy) is 3. The molecule has 0 bridgehead atoms. The van der Waals surface area contributed by atoms with Crippen LogP contribution in [0.5, 0.6) is 17.2 Å². The van der Waals surface area contributed by atoms with Crippen LogP contribution in [0, 0.1) is 12.3 Å². The van der Waals surface area contributed by atoms with E-state index in [2.05, 4.69) is 37.7 Å². The van der Waals surface area contributed by atoms with Crippen LogP contribution in [0.15, 0.2) is 46.0 Å². The maximum absolute atomic E-state index is 12.0. The number of nitrogens with zero attached hydrogens (tertiary/aromatic N) is 1. The Labute approximate surface area is 164 Å². The first kappa shape index (κ1) is 18.6. The molecule has 138 valence electrons. The molecule has 0 atom stereocenters. The van der Waals surface area contributed by atoms with E-state index in [1.807, 2.05) is 12.1 Å². The molecule has 0 saturated carbocycles. The number of hydrogen-bond acceptors (Lipinski definition) is 6. The third-order valence-electron chi connectivity index (χ3n) is 3.50. The second-order valence-corrected chi connectivity index (χ2v) is 6.31. The number of benzene rings is 2. The van der Waals surface area contributed by atoms with E-state index in [4.69, 9.17) is 20.6 Å². The SMILES string of the molecule is C#CCOc1ccc(Br)cc1/C=N\NC(=O)CNc1ccc2c(c1)OCO2. The van der Waals surface area contributed by atoms with E-state index in [1.54, 1.807) is 24.3 Å². The maximum Gasteiger partial charge on any atom is 0.259 e. The monoisotopic (exact) mass is 429 g/mol. The van der Waals surface area contributed by atoms with Crippen LogP contribution in [0.2, 0.25) is 0 Å². The molecule has 0 fully saturated rings. The molecule has 2 aromatic carbocycles. The van der Waals surface area contributed by atoms with Gasteiger partial charge >= 0.3 is 0 Å². The summed E-state index contributed by atoms with van der Waals surface area (Å²) in [6.07, 6.45) is 6.71. The van der Waals surface area contributed by atoms with Crippen LogP contribution in [0.1, 0.15) is 5.56 Å². The van der Waals surface area contributed by atoms with E-state index < -0.39 is 0 Å². The van der Waals surface area contributed by atoms with Gasteiger partial charge in [0.2, 0.25) is 6.79 Å². The van der Waals surface area contributed by atoms with E-state index >= 15 is 0 Å². The molecule has 3 rings (SSSR count). The summed E-state index contributed by atoms with van der Waals surface area (Å²) < 4.78 is 16.8. The van der Waals surface area contributed by atoms with Crippen molar-refractivity contribution in [3.05, 3.63) is 46.4 Å². The van der Waals surface area contributed by atoms with Crippen LogP contribution < -0.4 is 25.0 Å². The lowest BCUT2D eigenvalue weighted by molar-refractivity contribution is -0.119. The highest BCUT2D eigenvalue weighted by Gasteiger charge is 2.13. The van der Waals surface area contributed by atoms with Crippen molar-refractivity contribution in [1.29, 1.82) is 0 Å². The molecule has 8 heteroatoms. The van der Waals surface area contributed by atoms with E-state index in [1.165, 1.54) is 6.21 Å². The number of hydrazone groups is 1. The Kier molecular flexibility index (Phi) is 6.18. The molecule has 1 aliphatic rings. The first-order valence-electron chi connectivity index (χ1n) is 7.97. The average Bonchev–Trinajstić information content (AvgIpc) is 3.13. The predicted molar refractivity (Wildman–Crippen MR) is 105 cm³/mol. The minimum absolute atomic E-state index is 0.0515. The Morgan fingerprint density at radius 1 is 1.30 bits per heavy atom. The lowest BCUT2D eigenvalue weighted by Crippen LogP contribution is -2.25. The molecule has 1 aliphatic heterocycles. The van der Waals surface area contributed by atoms with Crippen molar-refractivity contribution < 1.29 is 19.0 Å². The minimum atomic E-state index is -0.301. The first-order valence-corrected chi connectivity index (χ1v) is 8.76. The zero-order chi connectivity index (χ0) is 19.1. The van der Waals surface area contributed by atoms with Gasteiger partial charge in [-0.3, -0.25) is 4.79 Å². The highest BCUT2D eigenvalue weighted by Crippen LogP contribution is 2.34. The van der Waals surface area contributed by atoms with Crippen LogP contribution in [0.25, 0.3) is 0 Å². The second kappa shape index (κ2) is 8.96. The van der Waals surface area contributed by atoms with Crippen molar-refractivity contribution >= 4 is 33.7 Å². The fourth-order valence-electron chi connectivity index (χ4n) is 2.27. The molecular formula is C19H16BrN3O4. The number of anilines is 1. The van der Waals surface area contributed by atoms with Gasteiger partial charge in [0.1, 0.15) is 12.4 Å². The van der Waals surface area contributed by atoms with Gasteiger partial charge in [-0.2, -0.15) is 5.10 Å². The summed E-state index contributed by atoms with van der Waals surface area (Å²) in [4.78, 5) is 12.0. The minimum Gasteiger partial charge on any atom is -0.480 e. The number of hydrogen-bond donors (Lipinski definition) is 2. The Bertz CT molecular complexity index is 908. The zero-order valence-electron chi connectivity index (χ0n) is 14.2. The van der Waals surface area contributed by atoms with Gasteiger partial charge in [-0.1, -0.05) is 21.9 Å². The largest absolute Gasteiger partial charge is 0.480 e. The van der Waals surface area contributed by atoms with E-state index in [0.29, 0.717) is 22.8 Å². The highest BCUT2D eigenvalue weighted by atomic mass is 79.9. The van der Waals surface area contributed by atoms with Gasteiger partial charge in [0.15, 0.2) is 11.5 Å². The molecular weight excluding hydrogens is 414 g/mol. The van der Waals surface area contributed by atoms with Crippen LogP contribution in [0.3, 0.4) is 0 Å². The third-order valence-corrected chi connectivity index (χ3v) is 3.99. The fourth-order valence-corrected chi connectivity index (χ4v) is 2.65. The summed E-state index contributed by atoms with van der Waals surface area (Å²) in [5.74, 6) is 4.01. The van der Waals surface area contributed by atoms with Gasteiger partial charge in [0.05, 0.1) is 12.8 Å². The van der Waals surface area contributed by atoms with Gasteiger partial charge in [0.25, 0.3) is 5.91 Å². The topological polar surface area (TPSA) is 81.2 Å². The van der Waals surface area contributed by atoms with E-state index in [9.17, 15) is 4.79 Å². The first-order chi connectivity index (χ1) is 13.2. The van der Waals surface area contributed by atoms with Crippen molar-refractivity contribution in [3.8, 4) is 29.6 Å². The zero-order valence-corrected chi connectivity index (χ0v) is 15.8. The Hall–Kier alpha value is -3.18. The Morgan fingerprint density at radius 3 is 3.00 bits per heavy atom. The molecule has 1 amide bonds. The molecule has 1 heterocycles. The van der Waals surface area contributed by atoms with Crippen molar-refractivity contribution in [3.63, 3.8) is 0 Å². The predicted octanol–water partition coefficient (Wildman–Crippen LogP) is 2.75. The summed E-state index contributed by atoms with van der Waals surface area (Å²) in [7, 11) is 0. The molecule has 0 aromatic heterocycles. The lowest BCUT2D eigenvalue weighted by atomic mass is 10.2. The number of amides is 1. The van der Waals surface area contributed by atoms with Crippen LogP contribution in [0.4, 0.5) is 5.69 Å². The molecule has 2 N–H and O–H groups in total. The molecule has 2 aromatic rings. The van der Waals surface area contributed by atoms with Crippen LogP contribution in [-0.4, -0.2) is 32.1 Å². The number of fused-ring (bicyclic) bond motifs is 1. The average molecular weight is 430 g/mol.